The first-order chi connectivity index (χ1) is 12.6. The molecule has 3 aromatic rings. The van der Waals surface area contributed by atoms with Crippen molar-refractivity contribution in [3.63, 3.8) is 0 Å². The molecule has 6 heteroatoms. The molecule has 1 amide bonds. The zero-order chi connectivity index (χ0) is 18.1. The SMILES string of the molecule is O=C(c1ccc(Nc2ccc(F)c(Cl)c2)cn1)N1CCc2ccccc21. The minimum atomic E-state index is -0.470. The van der Waals surface area contributed by atoms with Crippen molar-refractivity contribution >= 4 is 34.6 Å². The molecule has 0 saturated carbocycles. The Kier molecular flexibility index (Phi) is 4.31. The summed E-state index contributed by atoms with van der Waals surface area (Å²) in [5, 5.41) is 3.13. The first-order valence-electron chi connectivity index (χ1n) is 8.20. The second-order valence-corrected chi connectivity index (χ2v) is 6.43. The molecule has 2 heterocycles. The van der Waals surface area contributed by atoms with Crippen molar-refractivity contribution in [3.05, 3.63) is 82.9 Å². The van der Waals surface area contributed by atoms with Gasteiger partial charge in [-0.15, -0.1) is 0 Å². The Morgan fingerprint density at radius 2 is 1.92 bits per heavy atom. The Morgan fingerprint density at radius 3 is 2.69 bits per heavy atom. The smallest absolute Gasteiger partial charge is 0.276 e. The monoisotopic (exact) mass is 367 g/mol. The number of hydrogen-bond donors (Lipinski definition) is 1. The van der Waals surface area contributed by atoms with Gasteiger partial charge in [-0.2, -0.15) is 0 Å². The summed E-state index contributed by atoms with van der Waals surface area (Å²) in [5.41, 5.74) is 3.83. The fourth-order valence-corrected chi connectivity index (χ4v) is 3.20. The van der Waals surface area contributed by atoms with Crippen molar-refractivity contribution in [1.82, 2.24) is 4.98 Å². The van der Waals surface area contributed by atoms with E-state index in [4.69, 9.17) is 11.6 Å². The van der Waals surface area contributed by atoms with Gasteiger partial charge in [0.2, 0.25) is 0 Å². The van der Waals surface area contributed by atoms with Gasteiger partial charge in [-0.05, 0) is 48.4 Å². The van der Waals surface area contributed by atoms with Crippen molar-refractivity contribution in [1.29, 1.82) is 0 Å². The summed E-state index contributed by atoms with van der Waals surface area (Å²) in [6.07, 6.45) is 2.43. The number of fused-ring (bicyclic) bond motifs is 1. The van der Waals surface area contributed by atoms with Crippen LogP contribution in [0.15, 0.2) is 60.8 Å². The van der Waals surface area contributed by atoms with E-state index in [1.165, 1.54) is 17.7 Å². The predicted octanol–water partition coefficient (Wildman–Crippen LogP) is 4.82. The molecule has 26 heavy (non-hydrogen) atoms. The standard InChI is InChI=1S/C20H15ClFN3O/c21-16-11-14(5-7-17(16)22)24-15-6-8-18(23-12-15)20(26)25-10-9-13-3-1-2-4-19(13)25/h1-8,11-12,24H,9-10H2. The van der Waals surface area contributed by atoms with Crippen molar-refractivity contribution in [2.45, 2.75) is 6.42 Å². The van der Waals surface area contributed by atoms with Crippen LogP contribution in [-0.2, 0) is 6.42 Å². The molecule has 0 unspecified atom stereocenters. The highest BCUT2D eigenvalue weighted by molar-refractivity contribution is 6.31. The number of hydrogen-bond acceptors (Lipinski definition) is 3. The van der Waals surface area contributed by atoms with Crippen LogP contribution >= 0.6 is 11.6 Å². The molecular weight excluding hydrogens is 353 g/mol. The lowest BCUT2D eigenvalue weighted by Crippen LogP contribution is -2.29. The van der Waals surface area contributed by atoms with E-state index in [-0.39, 0.29) is 10.9 Å². The molecular formula is C20H15ClFN3O. The van der Waals surface area contributed by atoms with Crippen LogP contribution in [0.1, 0.15) is 16.1 Å². The summed E-state index contributed by atoms with van der Waals surface area (Å²) in [7, 11) is 0. The van der Waals surface area contributed by atoms with E-state index in [1.54, 1.807) is 29.3 Å². The molecule has 4 nitrogen and oxygen atoms in total. The van der Waals surface area contributed by atoms with E-state index < -0.39 is 5.82 Å². The van der Waals surface area contributed by atoms with Crippen LogP contribution in [0, 0.1) is 5.82 Å². The fourth-order valence-electron chi connectivity index (χ4n) is 3.02. The molecule has 0 bridgehead atoms. The van der Waals surface area contributed by atoms with Gasteiger partial charge in [0.1, 0.15) is 11.5 Å². The molecule has 0 radical (unpaired) electrons. The van der Waals surface area contributed by atoms with E-state index >= 15 is 0 Å². The molecule has 130 valence electrons. The van der Waals surface area contributed by atoms with Crippen LogP contribution in [0.4, 0.5) is 21.5 Å². The van der Waals surface area contributed by atoms with Crippen molar-refractivity contribution in [2.24, 2.45) is 0 Å². The van der Waals surface area contributed by atoms with Gasteiger partial charge in [-0.3, -0.25) is 4.79 Å². The largest absolute Gasteiger partial charge is 0.354 e. The minimum Gasteiger partial charge on any atom is -0.354 e. The second-order valence-electron chi connectivity index (χ2n) is 6.02. The molecule has 1 aromatic heterocycles. The number of carbonyl (C=O) groups is 1. The molecule has 4 rings (SSSR count). The number of halogens is 2. The van der Waals surface area contributed by atoms with Gasteiger partial charge >= 0.3 is 0 Å². The van der Waals surface area contributed by atoms with E-state index in [1.807, 2.05) is 24.3 Å². The van der Waals surface area contributed by atoms with E-state index in [0.717, 1.165) is 12.1 Å². The second kappa shape index (κ2) is 6.77. The number of pyridine rings is 1. The summed E-state index contributed by atoms with van der Waals surface area (Å²) in [6, 6.07) is 15.7. The number of amides is 1. The highest BCUT2D eigenvalue weighted by Crippen LogP contribution is 2.29. The first kappa shape index (κ1) is 16.5. The summed E-state index contributed by atoms with van der Waals surface area (Å²) in [4.78, 5) is 18.8. The molecule has 0 atom stereocenters. The molecule has 0 aliphatic carbocycles. The van der Waals surface area contributed by atoms with Crippen molar-refractivity contribution in [2.75, 3.05) is 16.8 Å². The zero-order valence-corrected chi connectivity index (χ0v) is 14.5. The molecule has 0 saturated heterocycles. The average Bonchev–Trinajstić information content (AvgIpc) is 3.09. The number of para-hydroxylation sites is 1. The lowest BCUT2D eigenvalue weighted by Gasteiger charge is -2.17. The molecule has 2 aromatic carbocycles. The maximum atomic E-state index is 13.2. The maximum Gasteiger partial charge on any atom is 0.276 e. The van der Waals surface area contributed by atoms with Crippen LogP contribution in [0.3, 0.4) is 0 Å². The van der Waals surface area contributed by atoms with Gasteiger partial charge in [0, 0.05) is 17.9 Å². The van der Waals surface area contributed by atoms with Crippen LogP contribution in [0.5, 0.6) is 0 Å². The summed E-state index contributed by atoms with van der Waals surface area (Å²) < 4.78 is 13.2. The van der Waals surface area contributed by atoms with Gasteiger partial charge in [0.15, 0.2) is 0 Å². The highest BCUT2D eigenvalue weighted by atomic mass is 35.5. The number of benzene rings is 2. The zero-order valence-electron chi connectivity index (χ0n) is 13.7. The number of anilines is 3. The van der Waals surface area contributed by atoms with Crippen molar-refractivity contribution < 1.29 is 9.18 Å². The summed E-state index contributed by atoms with van der Waals surface area (Å²) in [6.45, 7) is 0.661. The molecule has 1 N–H and O–H groups in total. The first-order valence-corrected chi connectivity index (χ1v) is 8.57. The number of rotatable bonds is 3. The topological polar surface area (TPSA) is 45.2 Å². The summed E-state index contributed by atoms with van der Waals surface area (Å²) >= 11 is 5.78. The van der Waals surface area contributed by atoms with Gasteiger partial charge < -0.3 is 10.2 Å². The number of aromatic nitrogens is 1. The quantitative estimate of drug-likeness (QED) is 0.721. The Hall–Kier alpha value is -2.92. The molecule has 1 aliphatic rings. The van der Waals surface area contributed by atoms with E-state index in [9.17, 15) is 9.18 Å². The lowest BCUT2D eigenvalue weighted by molar-refractivity contribution is 0.0984. The third kappa shape index (κ3) is 3.13. The van der Waals surface area contributed by atoms with Gasteiger partial charge in [0.05, 0.1) is 16.9 Å². The highest BCUT2D eigenvalue weighted by Gasteiger charge is 2.25. The average molecular weight is 368 g/mol. The number of nitrogens with zero attached hydrogens (tertiary/aromatic N) is 2. The normalized spacial score (nSPS) is 12.8. The van der Waals surface area contributed by atoms with E-state index in [2.05, 4.69) is 10.3 Å². The number of carbonyl (C=O) groups excluding carboxylic acids is 1. The fraction of sp³-hybridized carbons (Fsp3) is 0.100. The Labute approximate surface area is 155 Å². The lowest BCUT2D eigenvalue weighted by atomic mass is 10.2. The van der Waals surface area contributed by atoms with Crippen molar-refractivity contribution in [3.8, 4) is 0 Å². The minimum absolute atomic E-state index is 0.0439. The Balaban J connectivity index is 1.51. The number of nitrogens with one attached hydrogen (secondary N) is 1. The molecule has 0 fully saturated rings. The van der Waals surface area contributed by atoms with E-state index in [0.29, 0.717) is 23.6 Å². The van der Waals surface area contributed by atoms with Crippen LogP contribution in [-0.4, -0.2) is 17.4 Å². The summed E-state index contributed by atoms with van der Waals surface area (Å²) in [5.74, 6) is -0.589. The Morgan fingerprint density at radius 1 is 1.12 bits per heavy atom. The van der Waals surface area contributed by atoms with Gasteiger partial charge in [0.25, 0.3) is 5.91 Å². The maximum absolute atomic E-state index is 13.2. The molecule has 0 spiro atoms. The van der Waals surface area contributed by atoms with Crippen LogP contribution in [0.25, 0.3) is 0 Å². The third-order valence-corrected chi connectivity index (χ3v) is 4.61. The predicted molar refractivity (Wildman–Crippen MR) is 101 cm³/mol. The van der Waals surface area contributed by atoms with Gasteiger partial charge in [-0.1, -0.05) is 29.8 Å². The molecule has 1 aliphatic heterocycles. The van der Waals surface area contributed by atoms with Gasteiger partial charge in [-0.25, -0.2) is 9.37 Å². The third-order valence-electron chi connectivity index (χ3n) is 4.32. The van der Waals surface area contributed by atoms with Crippen LogP contribution < -0.4 is 10.2 Å². The van der Waals surface area contributed by atoms with Crippen LogP contribution in [0.2, 0.25) is 5.02 Å². The Bertz CT molecular complexity index is 975.